The van der Waals surface area contributed by atoms with Crippen LogP contribution in [0.15, 0.2) is 17.3 Å². The van der Waals surface area contributed by atoms with Gasteiger partial charge in [-0.05, 0) is 12.8 Å². The van der Waals surface area contributed by atoms with Crippen LogP contribution in [0.4, 0.5) is 0 Å². The van der Waals surface area contributed by atoms with Crippen molar-refractivity contribution in [2.75, 3.05) is 6.54 Å². The van der Waals surface area contributed by atoms with E-state index in [4.69, 9.17) is 18.0 Å². The van der Waals surface area contributed by atoms with Crippen molar-refractivity contribution in [3.05, 3.63) is 12.4 Å². The molecule has 0 spiro atoms. The Kier molecular flexibility index (Phi) is 3.45. The number of nitrogens with two attached hydrogens (primary N) is 1. The minimum Gasteiger partial charge on any atom is -0.392 e. The van der Waals surface area contributed by atoms with E-state index in [1.54, 1.807) is 0 Å². The van der Waals surface area contributed by atoms with Crippen molar-refractivity contribution in [3.8, 4) is 0 Å². The molecule has 0 aliphatic carbocycles. The number of hydrogen-bond donors (Lipinski definition) is 2. The molecule has 0 saturated carbocycles. The summed E-state index contributed by atoms with van der Waals surface area (Å²) in [6.45, 7) is 0.454. The number of nitrogens with one attached hydrogen (secondary N) is 1. The average molecular weight is 274 g/mol. The van der Waals surface area contributed by atoms with E-state index < -0.39 is 10.0 Å². The van der Waals surface area contributed by atoms with Crippen LogP contribution in [0.5, 0.6) is 0 Å². The molecule has 1 atom stereocenters. The van der Waals surface area contributed by atoms with Gasteiger partial charge in [0.2, 0.25) is 10.0 Å². The van der Waals surface area contributed by atoms with E-state index in [0.717, 1.165) is 12.8 Å². The Morgan fingerprint density at radius 3 is 2.94 bits per heavy atom. The van der Waals surface area contributed by atoms with Crippen molar-refractivity contribution >= 4 is 27.2 Å². The first-order valence-corrected chi connectivity index (χ1v) is 7.18. The number of sulfonamides is 1. The smallest absolute Gasteiger partial charge is 0.246 e. The summed E-state index contributed by atoms with van der Waals surface area (Å²) in [5.74, 6) is 0. The molecule has 2 heterocycles. The lowest BCUT2D eigenvalue weighted by atomic mass is 10.1. The predicted molar refractivity (Wildman–Crippen MR) is 66.9 cm³/mol. The molecule has 1 unspecified atom stereocenters. The molecular weight excluding hydrogens is 260 g/mol. The zero-order valence-electron chi connectivity index (χ0n) is 9.17. The van der Waals surface area contributed by atoms with Crippen molar-refractivity contribution in [1.82, 2.24) is 14.5 Å². The summed E-state index contributed by atoms with van der Waals surface area (Å²) in [7, 11) is -3.54. The number of piperidine rings is 1. The van der Waals surface area contributed by atoms with Gasteiger partial charge in [0.25, 0.3) is 0 Å². The summed E-state index contributed by atoms with van der Waals surface area (Å²) in [6.07, 6.45) is 5.11. The lowest BCUT2D eigenvalue weighted by Gasteiger charge is -2.33. The molecule has 1 fully saturated rings. The molecule has 17 heavy (non-hydrogen) atoms. The molecule has 1 aromatic rings. The van der Waals surface area contributed by atoms with Crippen LogP contribution < -0.4 is 5.73 Å². The number of aromatic nitrogens is 2. The van der Waals surface area contributed by atoms with Crippen molar-refractivity contribution < 1.29 is 8.42 Å². The molecule has 0 aromatic carbocycles. The molecule has 2 rings (SSSR count). The Morgan fingerprint density at radius 2 is 2.35 bits per heavy atom. The predicted octanol–water partition coefficient (Wildman–Crippen LogP) is 0.239. The zero-order chi connectivity index (χ0) is 12.5. The van der Waals surface area contributed by atoms with Gasteiger partial charge in [-0.25, -0.2) is 8.42 Å². The normalized spacial score (nSPS) is 22.5. The first kappa shape index (κ1) is 12.5. The van der Waals surface area contributed by atoms with Crippen molar-refractivity contribution in [2.24, 2.45) is 5.73 Å². The molecule has 3 N–H and O–H groups in total. The summed E-state index contributed by atoms with van der Waals surface area (Å²) >= 11 is 4.94. The minimum atomic E-state index is -3.54. The Morgan fingerprint density at radius 1 is 1.59 bits per heavy atom. The van der Waals surface area contributed by atoms with Crippen LogP contribution in [0.3, 0.4) is 0 Å². The van der Waals surface area contributed by atoms with Crippen LogP contribution in [0.25, 0.3) is 0 Å². The average Bonchev–Trinajstić information content (AvgIpc) is 2.83. The van der Waals surface area contributed by atoms with Gasteiger partial charge in [0.1, 0.15) is 4.90 Å². The lowest BCUT2D eigenvalue weighted by Crippen LogP contribution is -2.49. The van der Waals surface area contributed by atoms with Crippen LogP contribution in [0, 0.1) is 0 Å². The topological polar surface area (TPSA) is 92.1 Å². The molecule has 6 nitrogen and oxygen atoms in total. The molecular formula is C9H14N4O2S2. The SMILES string of the molecule is NC(=S)C1CCCCN1S(=O)(=O)c1cn[nH]c1. The number of nitrogens with zero attached hydrogens (tertiary/aromatic N) is 2. The zero-order valence-corrected chi connectivity index (χ0v) is 10.8. The van der Waals surface area contributed by atoms with E-state index in [9.17, 15) is 8.42 Å². The molecule has 1 aliphatic heterocycles. The van der Waals surface area contributed by atoms with Crippen LogP contribution in [0.1, 0.15) is 19.3 Å². The van der Waals surface area contributed by atoms with Crippen molar-refractivity contribution in [2.45, 2.75) is 30.2 Å². The van der Waals surface area contributed by atoms with Gasteiger partial charge >= 0.3 is 0 Å². The third kappa shape index (κ3) is 2.33. The Balaban J connectivity index is 2.34. The highest BCUT2D eigenvalue weighted by Crippen LogP contribution is 2.24. The van der Waals surface area contributed by atoms with Gasteiger partial charge in [-0.3, -0.25) is 5.10 Å². The maximum Gasteiger partial charge on any atom is 0.246 e. The summed E-state index contributed by atoms with van der Waals surface area (Å²) < 4.78 is 26.0. The molecule has 94 valence electrons. The standard InChI is InChI=1S/C9H14N4O2S2/c10-9(16)8-3-1-2-4-13(8)17(14,15)7-5-11-12-6-7/h5-6,8H,1-4H2,(H2,10,16)(H,11,12). The van der Waals surface area contributed by atoms with Gasteiger partial charge in [-0.2, -0.15) is 9.40 Å². The maximum absolute atomic E-state index is 12.3. The highest BCUT2D eigenvalue weighted by atomic mass is 32.2. The summed E-state index contributed by atoms with van der Waals surface area (Å²) in [6, 6.07) is -0.376. The van der Waals surface area contributed by atoms with Crippen LogP contribution in [-0.2, 0) is 10.0 Å². The summed E-state index contributed by atoms with van der Waals surface area (Å²) in [5, 5.41) is 6.16. The number of aromatic amines is 1. The highest BCUT2D eigenvalue weighted by Gasteiger charge is 2.35. The van der Waals surface area contributed by atoms with Gasteiger partial charge in [0.15, 0.2) is 0 Å². The Labute approximate surface area is 105 Å². The highest BCUT2D eigenvalue weighted by molar-refractivity contribution is 7.89. The molecule has 8 heteroatoms. The molecule has 1 saturated heterocycles. The van der Waals surface area contributed by atoms with Crippen LogP contribution >= 0.6 is 12.2 Å². The van der Waals surface area contributed by atoms with Gasteiger partial charge < -0.3 is 5.73 Å². The van der Waals surface area contributed by atoms with Gasteiger partial charge in [-0.15, -0.1) is 0 Å². The maximum atomic E-state index is 12.3. The van der Waals surface area contributed by atoms with E-state index >= 15 is 0 Å². The number of rotatable bonds is 3. The summed E-state index contributed by atoms with van der Waals surface area (Å²) in [4.78, 5) is 0.386. The molecule has 0 radical (unpaired) electrons. The first-order valence-electron chi connectivity index (χ1n) is 5.33. The third-order valence-corrected chi connectivity index (χ3v) is 5.01. The van der Waals surface area contributed by atoms with E-state index in [-0.39, 0.29) is 15.9 Å². The fourth-order valence-corrected chi connectivity index (χ4v) is 3.89. The molecule has 1 aromatic heterocycles. The first-order chi connectivity index (χ1) is 8.03. The van der Waals surface area contributed by atoms with Gasteiger partial charge in [0.05, 0.1) is 17.2 Å². The van der Waals surface area contributed by atoms with Crippen LogP contribution in [0.2, 0.25) is 0 Å². The van der Waals surface area contributed by atoms with E-state index in [1.807, 2.05) is 0 Å². The second-order valence-corrected chi connectivity index (χ2v) is 6.33. The third-order valence-electron chi connectivity index (χ3n) is 2.86. The quantitative estimate of drug-likeness (QED) is 0.770. The van der Waals surface area contributed by atoms with Crippen molar-refractivity contribution in [1.29, 1.82) is 0 Å². The lowest BCUT2D eigenvalue weighted by molar-refractivity contribution is 0.306. The van der Waals surface area contributed by atoms with Crippen LogP contribution in [-0.4, -0.2) is 40.5 Å². The molecule has 0 bridgehead atoms. The fraction of sp³-hybridized carbons (Fsp3) is 0.556. The fourth-order valence-electron chi connectivity index (χ4n) is 1.99. The second kappa shape index (κ2) is 4.71. The number of hydrogen-bond acceptors (Lipinski definition) is 4. The summed E-state index contributed by atoms with van der Waals surface area (Å²) in [5.41, 5.74) is 5.61. The molecule has 1 aliphatic rings. The second-order valence-electron chi connectivity index (χ2n) is 3.96. The Hall–Kier alpha value is -0.990. The van der Waals surface area contributed by atoms with Gasteiger partial charge in [-0.1, -0.05) is 18.6 Å². The van der Waals surface area contributed by atoms with Gasteiger partial charge in [0, 0.05) is 12.7 Å². The number of H-pyrrole nitrogens is 1. The van der Waals surface area contributed by atoms with E-state index in [0.29, 0.717) is 13.0 Å². The monoisotopic (exact) mass is 274 g/mol. The van der Waals surface area contributed by atoms with Crippen molar-refractivity contribution in [3.63, 3.8) is 0 Å². The molecule has 0 amide bonds. The largest absolute Gasteiger partial charge is 0.392 e. The number of thiocarbonyl (C=S) groups is 1. The van der Waals surface area contributed by atoms with E-state index in [1.165, 1.54) is 16.7 Å². The Bertz CT molecular complexity index is 497. The minimum absolute atomic E-state index is 0.153. The van der Waals surface area contributed by atoms with E-state index in [2.05, 4.69) is 10.2 Å².